The van der Waals surface area contributed by atoms with Gasteiger partial charge >= 0.3 is 0 Å². The molecule has 5 heteroatoms. The Hall–Kier alpha value is -2.07. The first-order valence-corrected chi connectivity index (χ1v) is 6.52. The SMILES string of the molecule is COc1ccc(OCCOc2ccccc2Cl)c(N)c1. The lowest BCUT2D eigenvalue weighted by molar-refractivity contribution is 0.218. The second-order valence-electron chi connectivity index (χ2n) is 4.03. The van der Waals surface area contributed by atoms with Gasteiger partial charge in [-0.1, -0.05) is 23.7 Å². The van der Waals surface area contributed by atoms with Gasteiger partial charge in [0.2, 0.25) is 0 Å². The normalized spacial score (nSPS) is 10.1. The molecule has 0 aliphatic rings. The van der Waals surface area contributed by atoms with Gasteiger partial charge in [0.25, 0.3) is 0 Å². The summed E-state index contributed by atoms with van der Waals surface area (Å²) in [6.07, 6.45) is 0. The summed E-state index contributed by atoms with van der Waals surface area (Å²) in [6, 6.07) is 12.6. The first-order valence-electron chi connectivity index (χ1n) is 6.14. The number of hydrogen-bond acceptors (Lipinski definition) is 4. The number of nitrogens with two attached hydrogens (primary N) is 1. The zero-order valence-corrected chi connectivity index (χ0v) is 11.9. The standard InChI is InChI=1S/C15H16ClNO3/c1-18-11-6-7-15(13(17)10-11)20-9-8-19-14-5-3-2-4-12(14)16/h2-7,10H,8-9,17H2,1H3. The highest BCUT2D eigenvalue weighted by Crippen LogP contribution is 2.26. The third-order valence-corrected chi connectivity index (χ3v) is 2.96. The second kappa shape index (κ2) is 6.91. The van der Waals surface area contributed by atoms with E-state index in [1.54, 1.807) is 31.4 Å². The van der Waals surface area contributed by atoms with E-state index in [4.69, 9.17) is 31.5 Å². The molecule has 0 amide bonds. The molecule has 0 bridgehead atoms. The molecule has 0 aliphatic carbocycles. The minimum Gasteiger partial charge on any atom is -0.497 e. The summed E-state index contributed by atoms with van der Waals surface area (Å²) >= 11 is 5.98. The highest BCUT2D eigenvalue weighted by Gasteiger charge is 2.03. The van der Waals surface area contributed by atoms with Crippen LogP contribution >= 0.6 is 11.6 Å². The van der Waals surface area contributed by atoms with Crippen LogP contribution in [0.5, 0.6) is 17.2 Å². The van der Waals surface area contributed by atoms with Gasteiger partial charge in [0, 0.05) is 6.07 Å². The number of hydrogen-bond donors (Lipinski definition) is 1. The van der Waals surface area contributed by atoms with Gasteiger partial charge in [-0.05, 0) is 24.3 Å². The number of ether oxygens (including phenoxy) is 3. The van der Waals surface area contributed by atoms with E-state index in [0.717, 1.165) is 0 Å². The third kappa shape index (κ3) is 3.71. The number of methoxy groups -OCH3 is 1. The van der Waals surface area contributed by atoms with E-state index < -0.39 is 0 Å². The van der Waals surface area contributed by atoms with Gasteiger partial charge in [0.05, 0.1) is 17.8 Å². The van der Waals surface area contributed by atoms with Crippen molar-refractivity contribution in [2.45, 2.75) is 0 Å². The van der Waals surface area contributed by atoms with Gasteiger partial charge in [0.1, 0.15) is 30.5 Å². The molecule has 0 heterocycles. The number of para-hydroxylation sites is 1. The van der Waals surface area contributed by atoms with Crippen molar-refractivity contribution in [3.8, 4) is 17.2 Å². The lowest BCUT2D eigenvalue weighted by Crippen LogP contribution is -2.10. The summed E-state index contributed by atoms with van der Waals surface area (Å²) in [5, 5.41) is 0.580. The van der Waals surface area contributed by atoms with E-state index in [0.29, 0.717) is 41.2 Å². The van der Waals surface area contributed by atoms with E-state index in [1.165, 1.54) is 0 Å². The fourth-order valence-electron chi connectivity index (χ4n) is 1.65. The summed E-state index contributed by atoms with van der Waals surface area (Å²) in [5.74, 6) is 1.94. The van der Waals surface area contributed by atoms with Crippen LogP contribution in [0, 0.1) is 0 Å². The Kier molecular flexibility index (Phi) is 4.96. The third-order valence-electron chi connectivity index (χ3n) is 2.65. The van der Waals surface area contributed by atoms with Crippen LogP contribution in [0.2, 0.25) is 5.02 Å². The Morgan fingerprint density at radius 3 is 2.35 bits per heavy atom. The molecule has 106 valence electrons. The van der Waals surface area contributed by atoms with Crippen molar-refractivity contribution >= 4 is 17.3 Å². The van der Waals surface area contributed by atoms with Gasteiger partial charge in [-0.15, -0.1) is 0 Å². The zero-order chi connectivity index (χ0) is 14.4. The van der Waals surface area contributed by atoms with Gasteiger partial charge in [0.15, 0.2) is 0 Å². The van der Waals surface area contributed by atoms with Crippen LogP contribution in [-0.2, 0) is 0 Å². The van der Waals surface area contributed by atoms with Crippen molar-refractivity contribution in [2.75, 3.05) is 26.1 Å². The maximum absolute atomic E-state index is 5.98. The van der Waals surface area contributed by atoms with Crippen molar-refractivity contribution in [3.63, 3.8) is 0 Å². The van der Waals surface area contributed by atoms with Crippen LogP contribution < -0.4 is 19.9 Å². The number of rotatable bonds is 6. The van der Waals surface area contributed by atoms with E-state index in [-0.39, 0.29) is 0 Å². The number of anilines is 1. The molecule has 0 radical (unpaired) electrons. The molecule has 0 aliphatic heterocycles. The van der Waals surface area contributed by atoms with Crippen molar-refractivity contribution in [1.82, 2.24) is 0 Å². The summed E-state index contributed by atoms with van der Waals surface area (Å²) in [5.41, 5.74) is 6.38. The number of halogens is 1. The maximum atomic E-state index is 5.98. The first kappa shape index (κ1) is 14.3. The largest absolute Gasteiger partial charge is 0.497 e. The summed E-state index contributed by atoms with van der Waals surface area (Å²) in [6.45, 7) is 0.761. The Morgan fingerprint density at radius 1 is 1.00 bits per heavy atom. The van der Waals surface area contributed by atoms with Crippen LogP contribution in [0.15, 0.2) is 42.5 Å². The second-order valence-corrected chi connectivity index (χ2v) is 4.44. The monoisotopic (exact) mass is 293 g/mol. The Labute approximate surface area is 123 Å². The van der Waals surface area contributed by atoms with Gasteiger partial charge in [-0.25, -0.2) is 0 Å². The van der Waals surface area contributed by atoms with Gasteiger partial charge in [-0.3, -0.25) is 0 Å². The predicted molar refractivity (Wildman–Crippen MR) is 79.8 cm³/mol. The molecule has 0 atom stereocenters. The minimum absolute atomic E-state index is 0.377. The summed E-state index contributed by atoms with van der Waals surface area (Å²) < 4.78 is 16.1. The zero-order valence-electron chi connectivity index (χ0n) is 11.1. The molecular weight excluding hydrogens is 278 g/mol. The van der Waals surface area contributed by atoms with E-state index in [2.05, 4.69) is 0 Å². The lowest BCUT2D eigenvalue weighted by atomic mass is 10.3. The molecule has 4 nitrogen and oxygen atoms in total. The average Bonchev–Trinajstić information content (AvgIpc) is 2.46. The minimum atomic E-state index is 0.377. The molecule has 20 heavy (non-hydrogen) atoms. The quantitative estimate of drug-likeness (QED) is 0.655. The molecule has 0 saturated carbocycles. The molecule has 2 rings (SSSR count). The van der Waals surface area contributed by atoms with Crippen molar-refractivity contribution < 1.29 is 14.2 Å². The van der Waals surface area contributed by atoms with Crippen LogP contribution in [0.25, 0.3) is 0 Å². The summed E-state index contributed by atoms with van der Waals surface area (Å²) in [4.78, 5) is 0. The first-order chi connectivity index (χ1) is 9.70. The van der Waals surface area contributed by atoms with Gasteiger partial charge < -0.3 is 19.9 Å². The number of benzene rings is 2. The van der Waals surface area contributed by atoms with Crippen LogP contribution in [-0.4, -0.2) is 20.3 Å². The molecule has 0 aromatic heterocycles. The lowest BCUT2D eigenvalue weighted by Gasteiger charge is -2.11. The molecule has 2 aromatic rings. The highest BCUT2D eigenvalue weighted by molar-refractivity contribution is 6.32. The Bertz CT molecular complexity index is 575. The Balaban J connectivity index is 1.83. The molecule has 2 aromatic carbocycles. The number of nitrogen functional groups attached to an aromatic ring is 1. The topological polar surface area (TPSA) is 53.7 Å². The smallest absolute Gasteiger partial charge is 0.142 e. The van der Waals surface area contributed by atoms with E-state index in [9.17, 15) is 0 Å². The van der Waals surface area contributed by atoms with Crippen molar-refractivity contribution in [3.05, 3.63) is 47.5 Å². The summed E-state index contributed by atoms with van der Waals surface area (Å²) in [7, 11) is 1.59. The highest BCUT2D eigenvalue weighted by atomic mass is 35.5. The fourth-order valence-corrected chi connectivity index (χ4v) is 1.84. The van der Waals surface area contributed by atoms with Crippen molar-refractivity contribution in [2.24, 2.45) is 0 Å². The maximum Gasteiger partial charge on any atom is 0.142 e. The predicted octanol–water partition coefficient (Wildman–Crippen LogP) is 3.39. The average molecular weight is 294 g/mol. The van der Waals surface area contributed by atoms with Crippen LogP contribution in [0.4, 0.5) is 5.69 Å². The van der Waals surface area contributed by atoms with E-state index in [1.807, 2.05) is 18.2 Å². The molecule has 0 spiro atoms. The molecule has 0 fully saturated rings. The van der Waals surface area contributed by atoms with Gasteiger partial charge in [-0.2, -0.15) is 0 Å². The molecule has 0 unspecified atom stereocenters. The Morgan fingerprint density at radius 2 is 1.70 bits per heavy atom. The van der Waals surface area contributed by atoms with Crippen LogP contribution in [0.1, 0.15) is 0 Å². The van der Waals surface area contributed by atoms with Crippen molar-refractivity contribution in [1.29, 1.82) is 0 Å². The van der Waals surface area contributed by atoms with Crippen LogP contribution in [0.3, 0.4) is 0 Å². The molecule has 2 N–H and O–H groups in total. The fraction of sp³-hybridized carbons (Fsp3) is 0.200. The molecule has 0 saturated heterocycles. The molecular formula is C15H16ClNO3. The van der Waals surface area contributed by atoms with E-state index >= 15 is 0 Å².